The van der Waals surface area contributed by atoms with Crippen molar-refractivity contribution in [3.05, 3.63) is 29.6 Å². The predicted octanol–water partition coefficient (Wildman–Crippen LogP) is 1.71. The zero-order valence-electron chi connectivity index (χ0n) is 14.0. The van der Waals surface area contributed by atoms with Crippen molar-refractivity contribution in [2.45, 2.75) is 51.7 Å². The monoisotopic (exact) mass is 318 g/mol. The molecule has 1 aromatic heterocycles. The number of rotatable bonds is 4. The van der Waals surface area contributed by atoms with Crippen molar-refractivity contribution in [3.8, 4) is 0 Å². The molecule has 1 spiro atoms. The van der Waals surface area contributed by atoms with E-state index >= 15 is 0 Å². The minimum absolute atomic E-state index is 0.127. The maximum Gasteiger partial charge on any atom is 0.227 e. The van der Waals surface area contributed by atoms with Gasteiger partial charge in [-0.2, -0.15) is 0 Å². The Kier molecular flexibility index (Phi) is 4.69. The molecular formula is C18H26N2O3. The van der Waals surface area contributed by atoms with Crippen molar-refractivity contribution in [1.82, 2.24) is 9.88 Å². The van der Waals surface area contributed by atoms with Gasteiger partial charge in [0, 0.05) is 43.4 Å². The first kappa shape index (κ1) is 16.4. The molecule has 2 unspecified atom stereocenters. The number of amides is 1. The summed E-state index contributed by atoms with van der Waals surface area (Å²) in [5, 5.41) is 10.2. The Labute approximate surface area is 137 Å². The molecule has 23 heavy (non-hydrogen) atoms. The highest BCUT2D eigenvalue weighted by molar-refractivity contribution is 5.78. The number of pyridine rings is 1. The summed E-state index contributed by atoms with van der Waals surface area (Å²) < 4.78 is 5.77. The van der Waals surface area contributed by atoms with E-state index in [1.54, 1.807) is 6.20 Å². The molecule has 1 aliphatic heterocycles. The number of ether oxygens (including phenoxy) is 1. The highest BCUT2D eigenvalue weighted by atomic mass is 16.5. The number of piperidine rings is 1. The normalized spacial score (nSPS) is 26.1. The van der Waals surface area contributed by atoms with Crippen LogP contribution >= 0.6 is 0 Å². The van der Waals surface area contributed by atoms with Crippen LogP contribution in [-0.4, -0.2) is 52.8 Å². The Bertz CT molecular complexity index is 548. The molecule has 0 aromatic carbocycles. The maximum atomic E-state index is 12.5. The van der Waals surface area contributed by atoms with Gasteiger partial charge in [-0.25, -0.2) is 0 Å². The van der Waals surface area contributed by atoms with Crippen LogP contribution in [0, 0.1) is 12.3 Å². The van der Waals surface area contributed by atoms with Crippen LogP contribution in [-0.2, 0) is 16.0 Å². The Balaban J connectivity index is 1.56. The number of aryl methyl sites for hydroxylation is 1. The van der Waals surface area contributed by atoms with E-state index in [1.807, 2.05) is 30.9 Å². The molecule has 1 saturated carbocycles. The summed E-state index contributed by atoms with van der Waals surface area (Å²) in [6.07, 6.45) is 4.44. The molecule has 2 aliphatic rings. The van der Waals surface area contributed by atoms with Crippen LogP contribution in [0.2, 0.25) is 0 Å². The number of aliphatic hydroxyl groups excluding tert-OH is 1. The van der Waals surface area contributed by atoms with E-state index in [0.29, 0.717) is 26.1 Å². The van der Waals surface area contributed by atoms with Crippen LogP contribution in [0.15, 0.2) is 18.3 Å². The van der Waals surface area contributed by atoms with E-state index in [1.165, 1.54) is 0 Å². The van der Waals surface area contributed by atoms with Crippen molar-refractivity contribution >= 4 is 5.91 Å². The predicted molar refractivity (Wildman–Crippen MR) is 87.0 cm³/mol. The van der Waals surface area contributed by atoms with E-state index in [4.69, 9.17) is 4.74 Å². The van der Waals surface area contributed by atoms with Crippen LogP contribution in [0.4, 0.5) is 0 Å². The fraction of sp³-hybridized carbons (Fsp3) is 0.667. The molecule has 5 nitrogen and oxygen atoms in total. The number of aliphatic hydroxyl groups is 1. The lowest BCUT2D eigenvalue weighted by Gasteiger charge is -2.56. The molecule has 0 bridgehead atoms. The van der Waals surface area contributed by atoms with E-state index in [9.17, 15) is 9.90 Å². The molecular weight excluding hydrogens is 292 g/mol. The van der Waals surface area contributed by atoms with Crippen molar-refractivity contribution in [3.63, 3.8) is 0 Å². The Morgan fingerprint density at radius 2 is 2.17 bits per heavy atom. The first-order valence-electron chi connectivity index (χ1n) is 8.54. The molecule has 126 valence electrons. The average Bonchev–Trinajstić information content (AvgIpc) is 2.57. The van der Waals surface area contributed by atoms with Crippen molar-refractivity contribution in [1.29, 1.82) is 0 Å². The van der Waals surface area contributed by atoms with Gasteiger partial charge in [0.15, 0.2) is 0 Å². The summed E-state index contributed by atoms with van der Waals surface area (Å²) in [5.41, 5.74) is 1.79. The highest BCUT2D eigenvalue weighted by Crippen LogP contribution is 2.50. The van der Waals surface area contributed by atoms with Gasteiger partial charge >= 0.3 is 0 Å². The second kappa shape index (κ2) is 6.57. The lowest BCUT2D eigenvalue weighted by atomic mass is 9.58. The van der Waals surface area contributed by atoms with E-state index in [2.05, 4.69) is 4.98 Å². The largest absolute Gasteiger partial charge is 0.392 e. The van der Waals surface area contributed by atoms with Gasteiger partial charge < -0.3 is 14.7 Å². The second-order valence-corrected chi connectivity index (χ2v) is 6.79. The Hall–Kier alpha value is -1.46. The number of hydrogen-bond donors (Lipinski definition) is 1. The van der Waals surface area contributed by atoms with Crippen LogP contribution < -0.4 is 0 Å². The number of nitrogens with zero attached hydrogens (tertiary/aromatic N) is 2. The zero-order chi connectivity index (χ0) is 16.4. The SMILES string of the molecule is CCOC1CC(O)C12CCN(C(=O)Cc1ccc(C)nc1)CC2. The van der Waals surface area contributed by atoms with Crippen molar-refractivity contribution < 1.29 is 14.6 Å². The molecule has 2 fully saturated rings. The van der Waals surface area contributed by atoms with Crippen molar-refractivity contribution in [2.75, 3.05) is 19.7 Å². The maximum absolute atomic E-state index is 12.5. The van der Waals surface area contributed by atoms with Crippen molar-refractivity contribution in [2.24, 2.45) is 5.41 Å². The molecule has 1 saturated heterocycles. The molecule has 1 aliphatic carbocycles. The molecule has 5 heteroatoms. The van der Waals surface area contributed by atoms with Gasteiger partial charge in [-0.3, -0.25) is 9.78 Å². The zero-order valence-corrected chi connectivity index (χ0v) is 14.0. The van der Waals surface area contributed by atoms with E-state index in [0.717, 1.165) is 30.5 Å². The molecule has 2 atom stereocenters. The van der Waals surface area contributed by atoms with Gasteiger partial charge in [0.1, 0.15) is 0 Å². The Morgan fingerprint density at radius 3 is 2.74 bits per heavy atom. The Morgan fingerprint density at radius 1 is 1.43 bits per heavy atom. The molecule has 1 aromatic rings. The van der Waals surface area contributed by atoms with Gasteiger partial charge in [0.05, 0.1) is 18.6 Å². The first-order valence-corrected chi connectivity index (χ1v) is 8.54. The lowest BCUT2D eigenvalue weighted by Crippen LogP contribution is -2.62. The number of carbonyl (C=O) groups excluding carboxylic acids is 1. The van der Waals surface area contributed by atoms with Gasteiger partial charge in [0.25, 0.3) is 0 Å². The molecule has 1 N–H and O–H groups in total. The molecule has 0 radical (unpaired) electrons. The minimum Gasteiger partial charge on any atom is -0.392 e. The lowest BCUT2D eigenvalue weighted by molar-refractivity contribution is -0.210. The first-order chi connectivity index (χ1) is 11.0. The highest BCUT2D eigenvalue weighted by Gasteiger charge is 2.56. The third-order valence-corrected chi connectivity index (χ3v) is 5.49. The number of carbonyl (C=O) groups is 1. The fourth-order valence-electron chi connectivity index (χ4n) is 3.88. The average molecular weight is 318 g/mol. The third-order valence-electron chi connectivity index (χ3n) is 5.49. The topological polar surface area (TPSA) is 62.7 Å². The van der Waals surface area contributed by atoms with Gasteiger partial charge in [-0.15, -0.1) is 0 Å². The molecule has 1 amide bonds. The smallest absolute Gasteiger partial charge is 0.227 e. The minimum atomic E-state index is -0.280. The molecule has 3 rings (SSSR count). The van der Waals surface area contributed by atoms with Crippen LogP contribution in [0.3, 0.4) is 0 Å². The second-order valence-electron chi connectivity index (χ2n) is 6.79. The van der Waals surface area contributed by atoms with Gasteiger partial charge in [-0.1, -0.05) is 6.07 Å². The fourth-order valence-corrected chi connectivity index (χ4v) is 3.88. The van der Waals surface area contributed by atoms with Gasteiger partial charge in [0.2, 0.25) is 5.91 Å². The van der Waals surface area contributed by atoms with Crippen LogP contribution in [0.1, 0.15) is 37.4 Å². The van der Waals surface area contributed by atoms with E-state index in [-0.39, 0.29) is 23.5 Å². The summed E-state index contributed by atoms with van der Waals surface area (Å²) >= 11 is 0. The summed E-state index contributed by atoms with van der Waals surface area (Å²) in [6, 6.07) is 3.90. The quantitative estimate of drug-likeness (QED) is 0.918. The summed E-state index contributed by atoms with van der Waals surface area (Å²) in [5.74, 6) is 0.146. The number of likely N-dealkylation sites (tertiary alicyclic amines) is 1. The summed E-state index contributed by atoms with van der Waals surface area (Å²) in [7, 11) is 0. The number of aromatic nitrogens is 1. The van der Waals surface area contributed by atoms with E-state index < -0.39 is 0 Å². The van der Waals surface area contributed by atoms with Crippen LogP contribution in [0.25, 0.3) is 0 Å². The van der Waals surface area contributed by atoms with Gasteiger partial charge in [-0.05, 0) is 38.3 Å². The number of hydrogen-bond acceptors (Lipinski definition) is 4. The molecule has 2 heterocycles. The summed E-state index contributed by atoms with van der Waals surface area (Å²) in [6.45, 7) is 6.03. The third kappa shape index (κ3) is 3.12. The van der Waals surface area contributed by atoms with Crippen LogP contribution in [0.5, 0.6) is 0 Å². The standard InChI is InChI=1S/C18H26N2O3/c1-3-23-16-11-15(21)18(16)6-8-20(9-7-18)17(22)10-14-5-4-13(2)19-12-14/h4-5,12,15-16,21H,3,6-11H2,1-2H3. The summed E-state index contributed by atoms with van der Waals surface area (Å²) in [4.78, 5) is 18.6.